The van der Waals surface area contributed by atoms with Gasteiger partial charge in [0.2, 0.25) is 12.6 Å². The number of ether oxygens (including phenoxy) is 3. The van der Waals surface area contributed by atoms with Crippen molar-refractivity contribution in [1.82, 2.24) is 4.90 Å². The van der Waals surface area contributed by atoms with E-state index in [0.717, 1.165) is 0 Å². The van der Waals surface area contributed by atoms with Gasteiger partial charge in [-0.2, -0.15) is 10.5 Å². The summed E-state index contributed by atoms with van der Waals surface area (Å²) >= 11 is 0. The molecule has 0 spiro atoms. The Bertz CT molecular complexity index is 1090. The Morgan fingerprint density at radius 2 is 1.86 bits per heavy atom. The van der Waals surface area contributed by atoms with E-state index >= 15 is 0 Å². The van der Waals surface area contributed by atoms with Crippen LogP contribution in [0.25, 0.3) is 6.08 Å². The van der Waals surface area contributed by atoms with Crippen molar-refractivity contribution < 1.29 is 24.1 Å². The second-order valence-corrected chi connectivity index (χ2v) is 6.45. The number of Topliss-reactive ketones (excluding diaryl/α,β-unsaturated/α-hetero) is 1. The highest BCUT2D eigenvalue weighted by Crippen LogP contribution is 2.40. The summed E-state index contributed by atoms with van der Waals surface area (Å²) in [5.74, 6) is 1.19. The van der Waals surface area contributed by atoms with Gasteiger partial charge in [0.25, 0.3) is 0 Å². The predicted molar refractivity (Wildman–Crippen MR) is 100 cm³/mol. The monoisotopic (exact) mass is 389 g/mol. The topological polar surface area (TPSA) is 116 Å². The molecule has 0 unspecified atom stereocenters. The molecule has 0 fully saturated rings. The fourth-order valence-corrected chi connectivity index (χ4v) is 3.20. The van der Waals surface area contributed by atoms with E-state index in [1.807, 2.05) is 12.1 Å². The van der Waals surface area contributed by atoms with E-state index in [1.165, 1.54) is 12.1 Å². The summed E-state index contributed by atoms with van der Waals surface area (Å²) in [7, 11) is 0. The lowest BCUT2D eigenvalue weighted by atomic mass is 10.0. The molecule has 8 nitrogen and oxygen atoms in total. The third-order valence-electron chi connectivity index (χ3n) is 4.58. The van der Waals surface area contributed by atoms with Gasteiger partial charge in [0, 0.05) is 6.54 Å². The molecule has 2 heterocycles. The van der Waals surface area contributed by atoms with Crippen LogP contribution >= 0.6 is 0 Å². The third kappa shape index (κ3) is 3.45. The fourth-order valence-electron chi connectivity index (χ4n) is 3.20. The van der Waals surface area contributed by atoms with Crippen LogP contribution in [-0.4, -0.2) is 35.7 Å². The highest BCUT2D eigenvalue weighted by molar-refractivity contribution is 6.15. The molecule has 0 radical (unpaired) electrons. The first-order valence-corrected chi connectivity index (χ1v) is 8.75. The molecule has 0 atom stereocenters. The molecule has 0 saturated carbocycles. The van der Waals surface area contributed by atoms with Gasteiger partial charge in [0.1, 0.15) is 11.5 Å². The lowest BCUT2D eigenvalue weighted by Gasteiger charge is -2.17. The number of hydrogen-bond donors (Lipinski definition) is 1. The number of fused-ring (bicyclic) bond motifs is 2. The maximum Gasteiger partial charge on any atom is 0.231 e. The van der Waals surface area contributed by atoms with Crippen LogP contribution in [0.3, 0.4) is 0 Å². The van der Waals surface area contributed by atoms with Gasteiger partial charge in [0.05, 0.1) is 36.4 Å². The first kappa shape index (κ1) is 18.4. The van der Waals surface area contributed by atoms with Crippen molar-refractivity contribution >= 4 is 11.9 Å². The van der Waals surface area contributed by atoms with Crippen molar-refractivity contribution in [3.63, 3.8) is 0 Å². The lowest BCUT2D eigenvalue weighted by Crippen LogP contribution is -2.24. The highest BCUT2D eigenvalue weighted by Gasteiger charge is 2.31. The summed E-state index contributed by atoms with van der Waals surface area (Å²) in [6.45, 7) is 0.260. The average Bonchev–Trinajstić information content (AvgIpc) is 3.29. The molecule has 4 rings (SSSR count). The summed E-state index contributed by atoms with van der Waals surface area (Å²) in [6.07, 6.45) is 1.59. The minimum absolute atomic E-state index is 0.00447. The largest absolute Gasteiger partial charge is 0.507 e. The molecule has 2 aliphatic rings. The van der Waals surface area contributed by atoms with Crippen molar-refractivity contribution in [3.05, 3.63) is 52.8 Å². The van der Waals surface area contributed by atoms with Crippen LogP contribution in [-0.2, 0) is 6.54 Å². The number of carbonyl (C=O) groups is 1. The molecule has 29 heavy (non-hydrogen) atoms. The Labute approximate surface area is 166 Å². The van der Waals surface area contributed by atoms with Crippen molar-refractivity contribution in [2.45, 2.75) is 6.54 Å². The van der Waals surface area contributed by atoms with Crippen LogP contribution in [0.5, 0.6) is 23.0 Å². The molecular weight excluding hydrogens is 374 g/mol. The number of nitrogens with zero attached hydrogens (tertiary/aromatic N) is 3. The smallest absolute Gasteiger partial charge is 0.231 e. The quantitative estimate of drug-likeness (QED) is 0.613. The van der Waals surface area contributed by atoms with E-state index in [-0.39, 0.29) is 49.5 Å². The van der Waals surface area contributed by atoms with E-state index in [9.17, 15) is 9.90 Å². The second kappa shape index (κ2) is 7.55. The Kier molecular flexibility index (Phi) is 4.78. The van der Waals surface area contributed by atoms with Crippen LogP contribution in [0.15, 0.2) is 36.1 Å². The Hall–Kier alpha value is -4.01. The maximum absolute atomic E-state index is 12.8. The van der Waals surface area contributed by atoms with Gasteiger partial charge in [0.15, 0.2) is 17.3 Å². The summed E-state index contributed by atoms with van der Waals surface area (Å²) in [5.41, 5.74) is 1.38. The summed E-state index contributed by atoms with van der Waals surface area (Å²) in [6, 6.07) is 12.1. The van der Waals surface area contributed by atoms with E-state index < -0.39 is 0 Å². The molecule has 2 aromatic rings. The molecule has 144 valence electrons. The minimum Gasteiger partial charge on any atom is -0.507 e. The number of aromatic hydroxyl groups is 1. The number of ketones is 1. The molecule has 0 saturated heterocycles. The predicted octanol–water partition coefficient (Wildman–Crippen LogP) is 2.59. The average molecular weight is 389 g/mol. The van der Waals surface area contributed by atoms with Gasteiger partial charge < -0.3 is 19.3 Å². The lowest BCUT2D eigenvalue weighted by molar-refractivity contribution is 0.101. The highest BCUT2D eigenvalue weighted by atomic mass is 16.7. The molecule has 0 amide bonds. The number of phenols is 1. The second-order valence-electron chi connectivity index (χ2n) is 6.45. The van der Waals surface area contributed by atoms with Gasteiger partial charge in [-0.05, 0) is 35.9 Å². The van der Waals surface area contributed by atoms with Gasteiger partial charge in [-0.25, -0.2) is 0 Å². The van der Waals surface area contributed by atoms with Gasteiger partial charge in [-0.15, -0.1) is 0 Å². The van der Waals surface area contributed by atoms with Crippen molar-refractivity contribution in [1.29, 1.82) is 10.5 Å². The summed E-state index contributed by atoms with van der Waals surface area (Å²) in [5, 5.41) is 28.2. The summed E-state index contributed by atoms with van der Waals surface area (Å²) in [4.78, 5) is 14.3. The zero-order chi connectivity index (χ0) is 20.4. The number of benzene rings is 2. The van der Waals surface area contributed by atoms with E-state index in [1.54, 1.807) is 29.2 Å². The number of phenolic OH excluding ortho intramolecular Hbond substituents is 1. The van der Waals surface area contributed by atoms with E-state index in [0.29, 0.717) is 28.2 Å². The Morgan fingerprint density at radius 1 is 1.10 bits per heavy atom. The number of carbonyl (C=O) groups excluding carboxylic acids is 1. The van der Waals surface area contributed by atoms with Crippen molar-refractivity contribution in [2.24, 2.45) is 0 Å². The van der Waals surface area contributed by atoms with Crippen LogP contribution in [0.4, 0.5) is 0 Å². The normalized spacial score (nSPS) is 15.1. The molecule has 0 aliphatic carbocycles. The van der Waals surface area contributed by atoms with Crippen LogP contribution in [0, 0.1) is 22.7 Å². The minimum atomic E-state index is -0.314. The SMILES string of the molecule is N#CCN(CC#N)Cc1c(O)ccc2c1OC(=Cc1ccc3c(c1)OCO3)C2=O. The molecule has 2 aliphatic heterocycles. The third-order valence-corrected chi connectivity index (χ3v) is 4.58. The molecule has 8 heteroatoms. The van der Waals surface area contributed by atoms with Gasteiger partial charge in [-0.3, -0.25) is 9.69 Å². The molecule has 1 N–H and O–H groups in total. The van der Waals surface area contributed by atoms with Crippen LogP contribution < -0.4 is 14.2 Å². The number of rotatable bonds is 5. The number of hydrogen-bond acceptors (Lipinski definition) is 8. The fraction of sp³-hybridized carbons (Fsp3) is 0.190. The number of allylic oxidation sites excluding steroid dienone is 1. The molecule has 2 aromatic carbocycles. The van der Waals surface area contributed by atoms with E-state index in [2.05, 4.69) is 0 Å². The number of nitriles is 2. The molecule has 0 bridgehead atoms. The van der Waals surface area contributed by atoms with Crippen LogP contribution in [0.1, 0.15) is 21.5 Å². The maximum atomic E-state index is 12.8. The van der Waals surface area contributed by atoms with Gasteiger partial charge in [-0.1, -0.05) is 6.07 Å². The zero-order valence-electron chi connectivity index (χ0n) is 15.2. The zero-order valence-corrected chi connectivity index (χ0v) is 15.2. The first-order chi connectivity index (χ1) is 14.1. The standard InChI is InChI=1S/C21H15N3O5/c22-5-7-24(8-6-23)11-15-16(25)3-2-14-20(26)19(29-21(14)15)10-13-1-4-17-18(9-13)28-12-27-17/h1-4,9-10,25H,7-8,11-12H2. The van der Waals surface area contributed by atoms with Crippen LogP contribution in [0.2, 0.25) is 0 Å². The van der Waals surface area contributed by atoms with Gasteiger partial charge >= 0.3 is 0 Å². The van der Waals surface area contributed by atoms with Crippen molar-refractivity contribution in [3.8, 4) is 35.1 Å². The van der Waals surface area contributed by atoms with Crippen molar-refractivity contribution in [2.75, 3.05) is 19.9 Å². The van der Waals surface area contributed by atoms with E-state index in [4.69, 9.17) is 24.7 Å². The molecular formula is C21H15N3O5. The first-order valence-electron chi connectivity index (χ1n) is 8.75. The Balaban J connectivity index is 1.66. The molecule has 0 aromatic heterocycles. The summed E-state index contributed by atoms with van der Waals surface area (Å²) < 4.78 is 16.4. The Morgan fingerprint density at radius 3 is 2.62 bits per heavy atom.